The Morgan fingerprint density at radius 1 is 1.42 bits per heavy atom. The number of carbonyl (C=O) groups excluding carboxylic acids is 1. The van der Waals surface area contributed by atoms with Gasteiger partial charge in [-0.05, 0) is 19.8 Å². The van der Waals surface area contributed by atoms with Crippen molar-refractivity contribution < 1.29 is 9.53 Å². The largest absolute Gasteiger partial charge is 0.459 e. The number of hydrogen-bond donors (Lipinski definition) is 0. The zero-order valence-electron chi connectivity index (χ0n) is 8.06. The van der Waals surface area contributed by atoms with Crippen LogP contribution in [0.4, 0.5) is 0 Å². The van der Waals surface area contributed by atoms with Crippen molar-refractivity contribution >= 4 is 5.97 Å². The second-order valence-corrected chi connectivity index (χ2v) is 3.91. The van der Waals surface area contributed by atoms with E-state index in [1.165, 1.54) is 25.7 Å². The summed E-state index contributed by atoms with van der Waals surface area (Å²) in [6.07, 6.45) is 6.68. The normalized spacial score (nSPS) is 28.0. The highest BCUT2D eigenvalue weighted by atomic mass is 16.6. The quantitative estimate of drug-likeness (QED) is 0.468. The summed E-state index contributed by atoms with van der Waals surface area (Å²) in [5.41, 5.74) is -0.106. The van der Waals surface area contributed by atoms with Crippen LogP contribution in [0.5, 0.6) is 0 Å². The molecule has 0 bridgehead atoms. The van der Waals surface area contributed by atoms with E-state index in [0.717, 1.165) is 6.42 Å². The second-order valence-electron chi connectivity index (χ2n) is 3.91. The minimum Gasteiger partial charge on any atom is -0.459 e. The van der Waals surface area contributed by atoms with Gasteiger partial charge in [0.25, 0.3) is 0 Å². The molecule has 1 rings (SSSR count). The van der Waals surface area contributed by atoms with Crippen molar-refractivity contribution in [2.45, 2.75) is 58.0 Å². The highest BCUT2D eigenvalue weighted by Gasteiger charge is 2.40. The summed E-state index contributed by atoms with van der Waals surface area (Å²) in [6.45, 7) is 4.23. The van der Waals surface area contributed by atoms with Crippen LogP contribution in [0.25, 0.3) is 0 Å². The first-order chi connectivity index (χ1) is 5.66. The number of carbonyl (C=O) groups is 1. The van der Waals surface area contributed by atoms with Crippen LogP contribution in [0.2, 0.25) is 0 Å². The van der Waals surface area contributed by atoms with Gasteiger partial charge < -0.3 is 4.74 Å². The van der Waals surface area contributed by atoms with Crippen molar-refractivity contribution in [3.05, 3.63) is 0 Å². The first kappa shape index (κ1) is 9.56. The number of cyclic esters (lactones) is 1. The molecular formula is C10H18O2. The molecule has 0 aromatic rings. The smallest absolute Gasteiger partial charge is 0.310 e. The van der Waals surface area contributed by atoms with Gasteiger partial charge in [0.1, 0.15) is 5.60 Å². The molecule has 0 aromatic carbocycles. The molecular weight excluding hydrogens is 152 g/mol. The maximum Gasteiger partial charge on any atom is 0.310 e. The molecule has 1 aliphatic heterocycles. The highest BCUT2D eigenvalue weighted by molar-refractivity contribution is 5.76. The van der Waals surface area contributed by atoms with Gasteiger partial charge in [0.15, 0.2) is 0 Å². The Labute approximate surface area is 74.3 Å². The van der Waals surface area contributed by atoms with E-state index in [1.54, 1.807) is 0 Å². The number of unbranched alkanes of at least 4 members (excludes halogenated alkanes) is 3. The average molecular weight is 170 g/mol. The Balaban J connectivity index is 2.03. The predicted molar refractivity (Wildman–Crippen MR) is 47.9 cm³/mol. The van der Waals surface area contributed by atoms with Gasteiger partial charge in [-0.1, -0.05) is 26.2 Å². The summed E-state index contributed by atoms with van der Waals surface area (Å²) < 4.78 is 5.07. The van der Waals surface area contributed by atoms with Crippen LogP contribution >= 0.6 is 0 Å². The Hall–Kier alpha value is -0.530. The molecule has 0 amide bonds. The summed E-state index contributed by atoms with van der Waals surface area (Å²) in [6, 6.07) is 0. The van der Waals surface area contributed by atoms with Gasteiger partial charge in [0.2, 0.25) is 0 Å². The second kappa shape index (κ2) is 3.92. The zero-order valence-corrected chi connectivity index (χ0v) is 8.06. The van der Waals surface area contributed by atoms with E-state index in [9.17, 15) is 4.79 Å². The van der Waals surface area contributed by atoms with Crippen molar-refractivity contribution in [3.63, 3.8) is 0 Å². The molecule has 1 atom stereocenters. The Bertz CT molecular complexity index is 155. The lowest BCUT2D eigenvalue weighted by Crippen LogP contribution is -2.44. The third kappa shape index (κ3) is 2.50. The first-order valence-corrected chi connectivity index (χ1v) is 4.88. The topological polar surface area (TPSA) is 26.3 Å². The molecule has 0 aromatic heterocycles. The number of rotatable bonds is 5. The lowest BCUT2D eigenvalue weighted by molar-refractivity contribution is -0.189. The summed E-state index contributed by atoms with van der Waals surface area (Å²) in [5.74, 6) is -0.0343. The first-order valence-electron chi connectivity index (χ1n) is 4.88. The third-order valence-electron chi connectivity index (χ3n) is 2.44. The van der Waals surface area contributed by atoms with Crippen LogP contribution < -0.4 is 0 Å². The summed E-state index contributed by atoms with van der Waals surface area (Å²) in [5, 5.41) is 0. The molecule has 0 spiro atoms. The standard InChI is InChI=1S/C10H18O2/c1-3-4-5-6-7-10(2)8-9(11)12-10/h3-8H2,1-2H3. The van der Waals surface area contributed by atoms with E-state index in [-0.39, 0.29) is 11.6 Å². The van der Waals surface area contributed by atoms with Crippen molar-refractivity contribution in [3.8, 4) is 0 Å². The molecule has 2 heteroatoms. The van der Waals surface area contributed by atoms with E-state index >= 15 is 0 Å². The van der Waals surface area contributed by atoms with Crippen molar-refractivity contribution in [1.29, 1.82) is 0 Å². The maximum atomic E-state index is 10.6. The number of ether oxygens (including phenoxy) is 1. The predicted octanol–water partition coefficient (Wildman–Crippen LogP) is 2.66. The van der Waals surface area contributed by atoms with Crippen LogP contribution in [0, 0.1) is 0 Å². The summed E-state index contributed by atoms with van der Waals surface area (Å²) >= 11 is 0. The summed E-state index contributed by atoms with van der Waals surface area (Å²) in [7, 11) is 0. The van der Waals surface area contributed by atoms with Crippen LogP contribution in [0.3, 0.4) is 0 Å². The van der Waals surface area contributed by atoms with E-state index < -0.39 is 0 Å². The molecule has 1 aliphatic rings. The van der Waals surface area contributed by atoms with Crippen molar-refractivity contribution in [1.82, 2.24) is 0 Å². The minimum absolute atomic E-state index is 0.0343. The monoisotopic (exact) mass is 170 g/mol. The molecule has 2 nitrogen and oxygen atoms in total. The Morgan fingerprint density at radius 2 is 2.08 bits per heavy atom. The lowest BCUT2D eigenvalue weighted by atomic mass is 9.90. The minimum atomic E-state index is -0.106. The van der Waals surface area contributed by atoms with Gasteiger partial charge in [-0.25, -0.2) is 0 Å². The third-order valence-corrected chi connectivity index (χ3v) is 2.44. The average Bonchev–Trinajstić information content (AvgIpc) is 1.96. The van der Waals surface area contributed by atoms with Crippen LogP contribution in [-0.2, 0) is 9.53 Å². The Morgan fingerprint density at radius 3 is 2.58 bits per heavy atom. The van der Waals surface area contributed by atoms with E-state index in [1.807, 2.05) is 6.92 Å². The molecule has 0 saturated carbocycles. The fraction of sp³-hybridized carbons (Fsp3) is 0.900. The van der Waals surface area contributed by atoms with Gasteiger partial charge >= 0.3 is 5.97 Å². The molecule has 12 heavy (non-hydrogen) atoms. The van der Waals surface area contributed by atoms with Crippen LogP contribution in [0.1, 0.15) is 52.4 Å². The van der Waals surface area contributed by atoms with Crippen LogP contribution in [-0.4, -0.2) is 11.6 Å². The van der Waals surface area contributed by atoms with Crippen molar-refractivity contribution in [2.75, 3.05) is 0 Å². The van der Waals surface area contributed by atoms with E-state index in [0.29, 0.717) is 6.42 Å². The SMILES string of the molecule is CCCCCCC1(C)CC(=O)O1. The number of hydrogen-bond acceptors (Lipinski definition) is 2. The van der Waals surface area contributed by atoms with Crippen molar-refractivity contribution in [2.24, 2.45) is 0 Å². The van der Waals surface area contributed by atoms with Gasteiger partial charge in [-0.2, -0.15) is 0 Å². The fourth-order valence-corrected chi connectivity index (χ4v) is 1.64. The number of esters is 1. The molecule has 0 N–H and O–H groups in total. The maximum absolute atomic E-state index is 10.6. The van der Waals surface area contributed by atoms with E-state index in [4.69, 9.17) is 4.74 Å². The lowest BCUT2D eigenvalue weighted by Gasteiger charge is -2.37. The molecule has 1 saturated heterocycles. The van der Waals surface area contributed by atoms with Crippen LogP contribution in [0.15, 0.2) is 0 Å². The molecule has 1 heterocycles. The molecule has 70 valence electrons. The molecule has 0 aliphatic carbocycles. The van der Waals surface area contributed by atoms with Gasteiger partial charge in [0.05, 0.1) is 6.42 Å². The molecule has 1 fully saturated rings. The van der Waals surface area contributed by atoms with Gasteiger partial charge in [-0.15, -0.1) is 0 Å². The fourth-order valence-electron chi connectivity index (χ4n) is 1.64. The molecule has 1 unspecified atom stereocenters. The highest BCUT2D eigenvalue weighted by Crippen LogP contribution is 2.32. The van der Waals surface area contributed by atoms with Gasteiger partial charge in [-0.3, -0.25) is 4.79 Å². The Kier molecular flexibility index (Phi) is 3.12. The van der Waals surface area contributed by atoms with Gasteiger partial charge in [0, 0.05) is 0 Å². The summed E-state index contributed by atoms with van der Waals surface area (Å²) in [4.78, 5) is 10.6. The zero-order chi connectivity index (χ0) is 9.03. The van der Waals surface area contributed by atoms with E-state index in [2.05, 4.69) is 6.92 Å². The molecule has 0 radical (unpaired) electrons.